The Balaban J connectivity index is 1.67. The van der Waals surface area contributed by atoms with Crippen LogP contribution in [-0.2, 0) is 11.3 Å². The van der Waals surface area contributed by atoms with Gasteiger partial charge in [0.25, 0.3) is 0 Å². The van der Waals surface area contributed by atoms with Gasteiger partial charge in [-0.25, -0.2) is 0 Å². The Bertz CT molecular complexity index is 649. The third-order valence-corrected chi connectivity index (χ3v) is 6.97. The molecule has 0 spiro atoms. The predicted molar refractivity (Wildman–Crippen MR) is 116 cm³/mol. The number of ether oxygens (including phenoxy) is 1. The largest absolute Gasteiger partial charge is 0.497 e. The molecule has 1 N–H and O–H groups in total. The molecule has 5 nitrogen and oxygen atoms in total. The molecule has 1 aromatic carbocycles. The summed E-state index contributed by atoms with van der Waals surface area (Å²) in [7, 11) is 3.67. The number of nitrogens with zero attached hydrogens (tertiary/aromatic N) is 2. The number of carbonyl (C=O) groups excluding carboxylic acids is 1. The molecule has 0 aromatic heterocycles. The Morgan fingerprint density at radius 1 is 1.07 bits per heavy atom. The van der Waals surface area contributed by atoms with Crippen LogP contribution in [0.25, 0.3) is 0 Å². The molecule has 0 bridgehead atoms. The molecule has 162 valence electrons. The van der Waals surface area contributed by atoms with E-state index in [1.807, 2.05) is 24.1 Å². The molecule has 29 heavy (non-hydrogen) atoms. The van der Waals surface area contributed by atoms with Crippen molar-refractivity contribution in [3.8, 4) is 5.75 Å². The van der Waals surface area contributed by atoms with Crippen molar-refractivity contribution >= 4 is 5.91 Å². The molecule has 1 aromatic rings. The van der Waals surface area contributed by atoms with Crippen LogP contribution in [0.4, 0.5) is 0 Å². The summed E-state index contributed by atoms with van der Waals surface area (Å²) >= 11 is 0. The predicted octanol–water partition coefficient (Wildman–Crippen LogP) is 3.84. The third-order valence-electron chi connectivity index (χ3n) is 6.97. The van der Waals surface area contributed by atoms with Gasteiger partial charge in [0, 0.05) is 25.7 Å². The Labute approximate surface area is 176 Å². The van der Waals surface area contributed by atoms with E-state index in [0.717, 1.165) is 62.3 Å². The van der Waals surface area contributed by atoms with Crippen LogP contribution in [0.3, 0.4) is 0 Å². The number of aliphatic hydroxyl groups is 1. The highest BCUT2D eigenvalue weighted by Gasteiger charge is 2.30. The Hall–Kier alpha value is -1.59. The lowest BCUT2D eigenvalue weighted by Crippen LogP contribution is -2.48. The van der Waals surface area contributed by atoms with Crippen molar-refractivity contribution in [2.24, 2.45) is 5.92 Å². The van der Waals surface area contributed by atoms with Crippen LogP contribution >= 0.6 is 0 Å². The fourth-order valence-corrected chi connectivity index (χ4v) is 4.86. The SMILES string of the molecule is COc1cccc(CN(CC(=O)N(C)C2CCC(C)CC2)C2CCC(O)CC2)c1. The van der Waals surface area contributed by atoms with E-state index in [1.54, 1.807) is 7.11 Å². The van der Waals surface area contributed by atoms with E-state index in [4.69, 9.17) is 4.74 Å². The number of likely N-dealkylation sites (N-methyl/N-ethyl adjacent to an activating group) is 1. The number of benzene rings is 1. The van der Waals surface area contributed by atoms with Crippen molar-refractivity contribution in [3.63, 3.8) is 0 Å². The van der Waals surface area contributed by atoms with Crippen LogP contribution in [0.5, 0.6) is 5.75 Å². The number of hydrogen-bond acceptors (Lipinski definition) is 4. The Morgan fingerprint density at radius 3 is 2.38 bits per heavy atom. The summed E-state index contributed by atoms with van der Waals surface area (Å²) in [5, 5.41) is 9.92. The van der Waals surface area contributed by atoms with Crippen LogP contribution in [0.15, 0.2) is 24.3 Å². The van der Waals surface area contributed by atoms with Gasteiger partial charge in [0.15, 0.2) is 0 Å². The van der Waals surface area contributed by atoms with E-state index in [2.05, 4.69) is 24.0 Å². The highest BCUT2D eigenvalue weighted by atomic mass is 16.5. The van der Waals surface area contributed by atoms with Crippen molar-refractivity contribution in [3.05, 3.63) is 29.8 Å². The lowest BCUT2D eigenvalue weighted by atomic mass is 9.86. The number of hydrogen-bond donors (Lipinski definition) is 1. The number of aliphatic hydroxyl groups excluding tert-OH is 1. The van der Waals surface area contributed by atoms with E-state index < -0.39 is 0 Å². The van der Waals surface area contributed by atoms with Gasteiger partial charge in [-0.1, -0.05) is 19.1 Å². The average molecular weight is 403 g/mol. The molecule has 2 saturated carbocycles. The van der Waals surface area contributed by atoms with E-state index in [0.29, 0.717) is 18.6 Å². The highest BCUT2D eigenvalue weighted by molar-refractivity contribution is 5.78. The molecule has 2 aliphatic carbocycles. The Kier molecular flexibility index (Phi) is 7.96. The monoisotopic (exact) mass is 402 g/mol. The summed E-state index contributed by atoms with van der Waals surface area (Å²) < 4.78 is 5.38. The zero-order valence-electron chi connectivity index (χ0n) is 18.3. The van der Waals surface area contributed by atoms with E-state index in [1.165, 1.54) is 12.8 Å². The molecular weight excluding hydrogens is 364 g/mol. The summed E-state index contributed by atoms with van der Waals surface area (Å²) in [5.74, 6) is 1.85. The van der Waals surface area contributed by atoms with Gasteiger partial charge in [-0.15, -0.1) is 0 Å². The molecule has 0 atom stereocenters. The first kappa shape index (κ1) is 22.1. The zero-order valence-corrected chi connectivity index (χ0v) is 18.3. The van der Waals surface area contributed by atoms with Gasteiger partial charge in [-0.2, -0.15) is 0 Å². The average Bonchev–Trinajstić information content (AvgIpc) is 2.74. The van der Waals surface area contributed by atoms with Crippen LogP contribution < -0.4 is 4.74 Å². The van der Waals surface area contributed by atoms with E-state index in [9.17, 15) is 9.90 Å². The molecule has 0 aliphatic heterocycles. The van der Waals surface area contributed by atoms with E-state index >= 15 is 0 Å². The van der Waals surface area contributed by atoms with Gasteiger partial charge >= 0.3 is 0 Å². The number of amides is 1. The van der Waals surface area contributed by atoms with Gasteiger partial charge in [-0.05, 0) is 75.0 Å². The first-order valence-corrected chi connectivity index (χ1v) is 11.3. The number of rotatable bonds is 7. The summed E-state index contributed by atoms with van der Waals surface area (Å²) in [4.78, 5) is 17.5. The first-order valence-electron chi connectivity index (χ1n) is 11.3. The molecule has 2 fully saturated rings. The smallest absolute Gasteiger partial charge is 0.236 e. The van der Waals surface area contributed by atoms with Gasteiger partial charge in [0.05, 0.1) is 19.8 Å². The minimum Gasteiger partial charge on any atom is -0.497 e. The van der Waals surface area contributed by atoms with Crippen molar-refractivity contribution in [2.75, 3.05) is 20.7 Å². The summed E-state index contributed by atoms with van der Waals surface area (Å²) in [6.45, 7) is 3.49. The molecular formula is C24H38N2O3. The molecule has 0 radical (unpaired) electrons. The second-order valence-electron chi connectivity index (χ2n) is 9.14. The maximum atomic E-state index is 13.2. The lowest BCUT2D eigenvalue weighted by Gasteiger charge is -2.38. The van der Waals surface area contributed by atoms with Gasteiger partial charge in [-0.3, -0.25) is 9.69 Å². The Morgan fingerprint density at radius 2 is 1.72 bits per heavy atom. The fraction of sp³-hybridized carbons (Fsp3) is 0.708. The van der Waals surface area contributed by atoms with Crippen molar-refractivity contribution < 1.29 is 14.6 Å². The topological polar surface area (TPSA) is 53.0 Å². The van der Waals surface area contributed by atoms with Gasteiger partial charge in [0.2, 0.25) is 5.91 Å². The molecule has 0 unspecified atom stereocenters. The van der Waals surface area contributed by atoms with Gasteiger partial charge < -0.3 is 14.7 Å². The summed E-state index contributed by atoms with van der Waals surface area (Å²) in [6, 6.07) is 8.84. The standard InChI is InChI=1S/C24H38N2O3/c1-18-7-9-20(10-8-18)25(2)24(28)17-26(21-11-13-22(27)14-12-21)16-19-5-4-6-23(15-19)29-3/h4-6,15,18,20-22,27H,7-14,16-17H2,1-3H3. The second-order valence-corrected chi connectivity index (χ2v) is 9.14. The minimum atomic E-state index is -0.187. The lowest BCUT2D eigenvalue weighted by molar-refractivity contribution is -0.135. The van der Waals surface area contributed by atoms with Crippen LogP contribution in [0.1, 0.15) is 63.9 Å². The molecule has 5 heteroatoms. The maximum absolute atomic E-state index is 13.2. The molecule has 0 heterocycles. The van der Waals surface area contributed by atoms with Crippen LogP contribution in [0.2, 0.25) is 0 Å². The fourth-order valence-electron chi connectivity index (χ4n) is 4.86. The molecule has 1 amide bonds. The van der Waals surface area contributed by atoms with Gasteiger partial charge in [0.1, 0.15) is 5.75 Å². The zero-order chi connectivity index (χ0) is 20.8. The molecule has 3 rings (SSSR count). The quantitative estimate of drug-likeness (QED) is 0.753. The van der Waals surface area contributed by atoms with Crippen molar-refractivity contribution in [1.82, 2.24) is 9.80 Å². The first-order chi connectivity index (χ1) is 14.0. The molecule has 0 saturated heterocycles. The summed E-state index contributed by atoms with van der Waals surface area (Å²) in [5.41, 5.74) is 1.16. The number of carbonyl (C=O) groups is 1. The normalized spacial score (nSPS) is 27.6. The summed E-state index contributed by atoms with van der Waals surface area (Å²) in [6.07, 6.45) is 8.03. The maximum Gasteiger partial charge on any atom is 0.236 e. The van der Waals surface area contributed by atoms with Crippen LogP contribution in [-0.4, -0.2) is 59.7 Å². The second kappa shape index (κ2) is 10.4. The highest BCUT2D eigenvalue weighted by Crippen LogP contribution is 2.28. The van der Waals surface area contributed by atoms with Crippen molar-refractivity contribution in [2.45, 2.75) is 83.0 Å². The van der Waals surface area contributed by atoms with E-state index in [-0.39, 0.29) is 12.0 Å². The third kappa shape index (κ3) is 6.19. The van der Waals surface area contributed by atoms with Crippen LogP contribution in [0, 0.1) is 5.92 Å². The molecule has 2 aliphatic rings. The number of methoxy groups -OCH3 is 1. The van der Waals surface area contributed by atoms with Crippen molar-refractivity contribution in [1.29, 1.82) is 0 Å². The minimum absolute atomic E-state index is 0.187.